The lowest BCUT2D eigenvalue weighted by molar-refractivity contribution is 1.25. The van der Waals surface area contributed by atoms with E-state index in [9.17, 15) is 0 Å². The Hall–Kier alpha value is -1.70. The number of allylic oxidation sites excluding steroid dienone is 3. The molecule has 0 aliphatic rings. The number of hydrogen-bond acceptors (Lipinski definition) is 2. The first kappa shape index (κ1) is 10.4. The quantitative estimate of drug-likeness (QED) is 0.526. The van der Waals surface area contributed by atoms with E-state index in [0.717, 1.165) is 11.1 Å². The van der Waals surface area contributed by atoms with Gasteiger partial charge in [-0.25, -0.2) is 0 Å². The van der Waals surface area contributed by atoms with Gasteiger partial charge in [0.05, 0.1) is 0 Å². The molecule has 0 unspecified atom stereocenters. The van der Waals surface area contributed by atoms with Crippen LogP contribution in [0.1, 0.15) is 18.1 Å². The first-order valence-electron chi connectivity index (χ1n) is 4.49. The maximum atomic E-state index is 4.05. The Morgan fingerprint density at radius 3 is 2.93 bits per heavy atom. The highest BCUT2D eigenvalue weighted by molar-refractivity contribution is 5.75. The maximum absolute atomic E-state index is 4.05. The highest BCUT2D eigenvalue weighted by Gasteiger charge is 1.99. The fourth-order valence-corrected chi connectivity index (χ4v) is 1.27. The van der Waals surface area contributed by atoms with Crippen molar-refractivity contribution >= 4 is 12.3 Å². The minimum Gasteiger partial charge on any atom is -0.272 e. The lowest BCUT2D eigenvalue weighted by atomic mass is 10.0. The molecule has 14 heavy (non-hydrogen) atoms. The zero-order valence-electron chi connectivity index (χ0n) is 8.57. The Morgan fingerprint density at radius 2 is 2.36 bits per heavy atom. The zero-order valence-corrected chi connectivity index (χ0v) is 8.57. The Balaban J connectivity index is 3.08. The van der Waals surface area contributed by atoms with Gasteiger partial charge in [-0.1, -0.05) is 6.08 Å². The van der Waals surface area contributed by atoms with Crippen LogP contribution >= 0.6 is 0 Å². The topological polar surface area (TPSA) is 25.2 Å². The molecule has 1 rings (SSSR count). The first-order chi connectivity index (χ1) is 6.79. The van der Waals surface area contributed by atoms with E-state index < -0.39 is 0 Å². The average molecular weight is 186 g/mol. The number of hydrogen-bond donors (Lipinski definition) is 0. The molecule has 1 aromatic rings. The highest BCUT2D eigenvalue weighted by Crippen LogP contribution is 2.18. The molecule has 2 heteroatoms. The predicted molar refractivity (Wildman–Crippen MR) is 61.3 cm³/mol. The molecule has 1 aromatic heterocycles. The van der Waals surface area contributed by atoms with Crippen molar-refractivity contribution in [1.29, 1.82) is 0 Å². The van der Waals surface area contributed by atoms with Crippen molar-refractivity contribution in [2.75, 3.05) is 0 Å². The second-order valence-corrected chi connectivity index (χ2v) is 2.93. The molecule has 0 saturated heterocycles. The van der Waals surface area contributed by atoms with Crippen LogP contribution < -0.4 is 0 Å². The van der Waals surface area contributed by atoms with Crippen molar-refractivity contribution in [3.05, 3.63) is 47.9 Å². The van der Waals surface area contributed by atoms with E-state index in [4.69, 9.17) is 0 Å². The van der Waals surface area contributed by atoms with Gasteiger partial charge in [0.25, 0.3) is 0 Å². The van der Waals surface area contributed by atoms with Crippen LogP contribution in [0, 0.1) is 6.92 Å². The van der Waals surface area contributed by atoms with E-state index in [0.29, 0.717) is 0 Å². The fraction of sp³-hybridized carbons (Fsp3) is 0.167. The predicted octanol–water partition coefficient (Wildman–Crippen LogP) is 3.01. The molecule has 2 nitrogen and oxygen atoms in total. The molecule has 0 radical (unpaired) electrons. The van der Waals surface area contributed by atoms with Gasteiger partial charge in [0.1, 0.15) is 0 Å². The minimum atomic E-state index is 1.14. The lowest BCUT2D eigenvalue weighted by Crippen LogP contribution is -1.87. The molecule has 72 valence electrons. The number of nitrogens with zero attached hydrogens (tertiary/aromatic N) is 2. The van der Waals surface area contributed by atoms with Gasteiger partial charge in [-0.05, 0) is 49.4 Å². The number of pyridine rings is 1. The number of aryl methyl sites for hydroxylation is 1. The van der Waals surface area contributed by atoms with Crippen LogP contribution in [-0.2, 0) is 0 Å². The zero-order chi connectivity index (χ0) is 10.4. The Labute approximate surface area is 84.7 Å². The number of rotatable bonds is 3. The van der Waals surface area contributed by atoms with E-state index in [2.05, 4.69) is 16.7 Å². The molecule has 1 heterocycles. The van der Waals surface area contributed by atoms with Gasteiger partial charge >= 0.3 is 0 Å². The van der Waals surface area contributed by atoms with Crippen molar-refractivity contribution in [3.8, 4) is 0 Å². The van der Waals surface area contributed by atoms with Crippen LogP contribution in [-0.4, -0.2) is 11.7 Å². The molecule has 0 aliphatic heterocycles. The molecule has 0 aliphatic carbocycles. The van der Waals surface area contributed by atoms with E-state index >= 15 is 0 Å². The van der Waals surface area contributed by atoms with Gasteiger partial charge in [0.15, 0.2) is 0 Å². The summed E-state index contributed by atoms with van der Waals surface area (Å²) in [4.78, 5) is 7.75. The summed E-state index contributed by atoms with van der Waals surface area (Å²) in [6, 6.07) is 2.00. The standard InChI is InChI=1S/C12H14N2/c1-4-11(5-7-13-3)12-6-8-14-9-10(12)2/h4-9H,3H2,1-2H3/b7-5-,11-4+. The van der Waals surface area contributed by atoms with Crippen LogP contribution in [0.2, 0.25) is 0 Å². The minimum absolute atomic E-state index is 1.14. The van der Waals surface area contributed by atoms with Crippen LogP contribution in [0.3, 0.4) is 0 Å². The number of aliphatic imine (C=N–C) groups is 1. The number of aromatic nitrogens is 1. The van der Waals surface area contributed by atoms with Crippen molar-refractivity contribution in [2.45, 2.75) is 13.8 Å². The van der Waals surface area contributed by atoms with Gasteiger partial charge in [0.2, 0.25) is 0 Å². The molecule has 0 fully saturated rings. The van der Waals surface area contributed by atoms with Crippen LogP contribution in [0.5, 0.6) is 0 Å². The summed E-state index contributed by atoms with van der Waals surface area (Å²) < 4.78 is 0. The molecular formula is C12H14N2. The molecule has 0 aromatic carbocycles. The third kappa shape index (κ3) is 2.39. The maximum Gasteiger partial charge on any atom is 0.0303 e. The van der Waals surface area contributed by atoms with Crippen molar-refractivity contribution in [1.82, 2.24) is 4.98 Å². The summed E-state index contributed by atoms with van der Waals surface area (Å²) in [5.41, 5.74) is 3.48. The fourth-order valence-electron chi connectivity index (χ4n) is 1.27. The monoisotopic (exact) mass is 186 g/mol. The van der Waals surface area contributed by atoms with Gasteiger partial charge in [-0.3, -0.25) is 9.98 Å². The summed E-state index contributed by atoms with van der Waals surface area (Å²) in [5, 5.41) is 0. The van der Waals surface area contributed by atoms with E-state index in [1.54, 1.807) is 12.4 Å². The lowest BCUT2D eigenvalue weighted by Gasteiger charge is -2.04. The second kappa shape index (κ2) is 5.12. The Kier molecular flexibility index (Phi) is 3.80. The molecule has 0 N–H and O–H groups in total. The smallest absolute Gasteiger partial charge is 0.0303 e. The van der Waals surface area contributed by atoms with Crippen molar-refractivity contribution < 1.29 is 0 Å². The van der Waals surface area contributed by atoms with Crippen molar-refractivity contribution in [2.24, 2.45) is 4.99 Å². The molecule has 0 amide bonds. The third-order valence-corrected chi connectivity index (χ3v) is 2.00. The van der Waals surface area contributed by atoms with Crippen LogP contribution in [0.4, 0.5) is 0 Å². The Morgan fingerprint density at radius 1 is 1.57 bits per heavy atom. The second-order valence-electron chi connectivity index (χ2n) is 2.93. The van der Waals surface area contributed by atoms with Crippen molar-refractivity contribution in [3.63, 3.8) is 0 Å². The molecule has 0 bridgehead atoms. The van der Waals surface area contributed by atoms with Gasteiger partial charge in [-0.15, -0.1) is 0 Å². The SMILES string of the molecule is C=N/C=C\C(=C/C)c1ccncc1C. The van der Waals surface area contributed by atoms with Crippen LogP contribution in [0.15, 0.2) is 41.8 Å². The summed E-state index contributed by atoms with van der Waals surface area (Å²) in [5.74, 6) is 0. The van der Waals surface area contributed by atoms with E-state index in [-0.39, 0.29) is 0 Å². The summed E-state index contributed by atoms with van der Waals surface area (Å²) >= 11 is 0. The normalized spacial score (nSPS) is 12.0. The van der Waals surface area contributed by atoms with Gasteiger partial charge in [0, 0.05) is 18.6 Å². The highest BCUT2D eigenvalue weighted by atomic mass is 14.6. The average Bonchev–Trinajstić information content (AvgIpc) is 2.21. The summed E-state index contributed by atoms with van der Waals surface area (Å²) in [6.45, 7) is 7.45. The molecule has 0 atom stereocenters. The largest absolute Gasteiger partial charge is 0.272 e. The third-order valence-electron chi connectivity index (χ3n) is 2.00. The molecular weight excluding hydrogens is 172 g/mol. The summed E-state index contributed by atoms with van der Waals surface area (Å²) in [7, 11) is 0. The van der Waals surface area contributed by atoms with Gasteiger partial charge < -0.3 is 0 Å². The van der Waals surface area contributed by atoms with Crippen LogP contribution in [0.25, 0.3) is 5.57 Å². The van der Waals surface area contributed by atoms with Gasteiger partial charge in [-0.2, -0.15) is 0 Å². The van der Waals surface area contributed by atoms with E-state index in [1.165, 1.54) is 5.56 Å². The molecule has 0 saturated carbocycles. The Bertz CT molecular complexity index is 376. The van der Waals surface area contributed by atoms with E-state index in [1.807, 2.05) is 38.3 Å². The summed E-state index contributed by atoms with van der Waals surface area (Å²) in [6.07, 6.45) is 9.32. The first-order valence-corrected chi connectivity index (χ1v) is 4.49. The molecule has 0 spiro atoms.